The summed E-state index contributed by atoms with van der Waals surface area (Å²) in [6, 6.07) is 1.72. The molecule has 202 valence electrons. The maximum atomic E-state index is 13.2. The Morgan fingerprint density at radius 3 is 2.62 bits per heavy atom. The first-order chi connectivity index (χ1) is 17.3. The van der Waals surface area contributed by atoms with Gasteiger partial charge in [0.15, 0.2) is 6.10 Å². The normalized spacial score (nSPS) is 57.6. The van der Waals surface area contributed by atoms with Gasteiger partial charge in [0.25, 0.3) is 0 Å². The molecule has 0 aromatic carbocycles. The van der Waals surface area contributed by atoms with E-state index in [-0.39, 0.29) is 12.8 Å². The Kier molecular flexibility index (Phi) is 4.29. The molecule has 6 aliphatic rings. The first kappa shape index (κ1) is 24.1. The number of furan rings is 1. The minimum atomic E-state index is -1.73. The largest absolute Gasteiger partial charge is 0.472 e. The second kappa shape index (κ2) is 6.59. The van der Waals surface area contributed by atoms with Gasteiger partial charge in [-0.2, -0.15) is 0 Å². The first-order valence-electron chi connectivity index (χ1n) is 13.1. The van der Waals surface area contributed by atoms with Gasteiger partial charge in [-0.25, -0.2) is 4.79 Å². The van der Waals surface area contributed by atoms with Crippen molar-refractivity contribution < 1.29 is 48.6 Å². The zero-order valence-electron chi connectivity index (χ0n) is 21.3. The van der Waals surface area contributed by atoms with Crippen LogP contribution in [0.25, 0.3) is 0 Å². The third-order valence-corrected chi connectivity index (χ3v) is 12.2. The lowest BCUT2D eigenvalue weighted by molar-refractivity contribution is -0.298. The van der Waals surface area contributed by atoms with Crippen LogP contribution in [0.2, 0.25) is 0 Å². The van der Waals surface area contributed by atoms with E-state index in [9.17, 15) is 30.0 Å². The molecule has 10 heteroatoms. The Balaban J connectivity index is 1.49. The van der Waals surface area contributed by atoms with Crippen LogP contribution in [0.1, 0.15) is 58.1 Å². The van der Waals surface area contributed by atoms with Gasteiger partial charge in [0.05, 0.1) is 43.9 Å². The Bertz CT molecular complexity index is 1200. The topological polar surface area (TPSA) is 156 Å². The Morgan fingerprint density at radius 1 is 1.24 bits per heavy atom. The number of aliphatic hydroxyl groups is 4. The molecule has 0 amide bonds. The van der Waals surface area contributed by atoms with Gasteiger partial charge >= 0.3 is 11.9 Å². The summed E-state index contributed by atoms with van der Waals surface area (Å²) >= 11 is 0. The van der Waals surface area contributed by atoms with Gasteiger partial charge in [-0.05, 0) is 31.2 Å². The second-order valence-electron chi connectivity index (χ2n) is 13.1. The lowest BCUT2D eigenvalue weighted by Gasteiger charge is -2.63. The molecule has 37 heavy (non-hydrogen) atoms. The van der Waals surface area contributed by atoms with Crippen LogP contribution in [0.4, 0.5) is 0 Å². The molecule has 6 fully saturated rings. The molecule has 1 spiro atoms. The molecular formula is C27H34O10. The molecule has 7 rings (SSSR count). The van der Waals surface area contributed by atoms with E-state index in [1.807, 2.05) is 13.8 Å². The molecule has 2 aliphatic heterocycles. The monoisotopic (exact) mass is 518 g/mol. The molecule has 2 bridgehead atoms. The number of methoxy groups -OCH3 is 1. The number of carbonyl (C=O) groups excluding carboxylic acids is 2. The number of esters is 2. The zero-order valence-corrected chi connectivity index (χ0v) is 21.3. The van der Waals surface area contributed by atoms with Crippen molar-refractivity contribution in [2.75, 3.05) is 7.11 Å². The number of aliphatic hydroxyl groups excluding tert-OH is 2. The van der Waals surface area contributed by atoms with Crippen molar-refractivity contribution >= 4 is 11.9 Å². The maximum Gasteiger partial charge on any atom is 0.335 e. The van der Waals surface area contributed by atoms with Crippen LogP contribution in [-0.2, 0) is 23.8 Å². The number of ether oxygens (including phenoxy) is 3. The lowest BCUT2D eigenvalue weighted by atomic mass is 9.45. The first-order valence-corrected chi connectivity index (χ1v) is 13.1. The predicted octanol–water partition coefficient (Wildman–Crippen LogP) is 0.854. The SMILES string of the molecule is COC(=O)[C@H](O)[C@H]1[C@@]2(C)CC3(O)[C@@H]4[C@@H](O[C@]56CC(=O)O[C@@H](c7ccoc7)[C@]5(C)CC[C@H]([C@]13C)[C@]46O)[C@H]2O. The van der Waals surface area contributed by atoms with Gasteiger partial charge in [0, 0.05) is 33.6 Å². The summed E-state index contributed by atoms with van der Waals surface area (Å²) in [4.78, 5) is 25.9. The van der Waals surface area contributed by atoms with E-state index in [1.54, 1.807) is 13.0 Å². The number of rotatable bonds is 3. The summed E-state index contributed by atoms with van der Waals surface area (Å²) in [6.07, 6.45) is -0.866. The number of cyclic esters (lactones) is 1. The van der Waals surface area contributed by atoms with Crippen LogP contribution in [-0.4, -0.2) is 74.6 Å². The molecule has 1 aromatic rings. The second-order valence-corrected chi connectivity index (χ2v) is 13.1. The van der Waals surface area contributed by atoms with Crippen LogP contribution in [0.5, 0.6) is 0 Å². The van der Waals surface area contributed by atoms with E-state index >= 15 is 0 Å². The van der Waals surface area contributed by atoms with E-state index in [0.29, 0.717) is 18.4 Å². The van der Waals surface area contributed by atoms with E-state index in [1.165, 1.54) is 19.6 Å². The highest BCUT2D eigenvalue weighted by Gasteiger charge is 2.95. The van der Waals surface area contributed by atoms with Gasteiger partial charge in [-0.15, -0.1) is 0 Å². The molecule has 3 heterocycles. The van der Waals surface area contributed by atoms with E-state index in [2.05, 4.69) is 0 Å². The lowest BCUT2D eigenvalue weighted by Crippen LogP contribution is -2.72. The summed E-state index contributed by atoms with van der Waals surface area (Å²) in [6.45, 7) is 5.51. The van der Waals surface area contributed by atoms with Crippen LogP contribution in [0.15, 0.2) is 23.0 Å². The van der Waals surface area contributed by atoms with Crippen LogP contribution < -0.4 is 0 Å². The van der Waals surface area contributed by atoms with Gasteiger partial charge in [0.2, 0.25) is 0 Å². The molecule has 0 radical (unpaired) electrons. The highest BCUT2D eigenvalue weighted by atomic mass is 16.6. The summed E-state index contributed by atoms with van der Waals surface area (Å²) in [7, 11) is 1.19. The van der Waals surface area contributed by atoms with Crippen molar-refractivity contribution in [3.8, 4) is 0 Å². The average Bonchev–Trinajstić information content (AvgIpc) is 3.52. The van der Waals surface area contributed by atoms with Gasteiger partial charge in [-0.1, -0.05) is 20.8 Å². The fourth-order valence-electron chi connectivity index (χ4n) is 11.0. The summed E-state index contributed by atoms with van der Waals surface area (Å²) in [5.41, 5.74) is -7.31. The number of hydrogen-bond acceptors (Lipinski definition) is 10. The van der Waals surface area contributed by atoms with Gasteiger partial charge < -0.3 is 39.1 Å². The van der Waals surface area contributed by atoms with Crippen LogP contribution in [0.3, 0.4) is 0 Å². The number of hydrogen-bond donors (Lipinski definition) is 4. The molecule has 1 unspecified atom stereocenters. The molecule has 4 N–H and O–H groups in total. The maximum absolute atomic E-state index is 13.2. The molecule has 2 saturated heterocycles. The molecular weight excluding hydrogens is 484 g/mol. The number of fused-ring (bicyclic) bond motifs is 2. The van der Waals surface area contributed by atoms with Crippen molar-refractivity contribution in [1.29, 1.82) is 0 Å². The van der Waals surface area contributed by atoms with E-state index in [4.69, 9.17) is 18.6 Å². The van der Waals surface area contributed by atoms with E-state index in [0.717, 1.165) is 0 Å². The Hall–Kier alpha value is -1.98. The predicted molar refractivity (Wildman–Crippen MR) is 122 cm³/mol. The molecule has 13 atom stereocenters. The summed E-state index contributed by atoms with van der Waals surface area (Å²) in [5, 5.41) is 48.7. The van der Waals surface area contributed by atoms with Crippen molar-refractivity contribution in [3.05, 3.63) is 24.2 Å². The third kappa shape index (κ3) is 2.13. The fourth-order valence-corrected chi connectivity index (χ4v) is 11.0. The minimum Gasteiger partial charge on any atom is -0.472 e. The smallest absolute Gasteiger partial charge is 0.335 e. The summed E-state index contributed by atoms with van der Waals surface area (Å²) < 4.78 is 22.8. The van der Waals surface area contributed by atoms with E-state index < -0.39 is 87.2 Å². The quantitative estimate of drug-likeness (QED) is 0.423. The molecule has 4 saturated carbocycles. The summed E-state index contributed by atoms with van der Waals surface area (Å²) in [5.74, 6) is -3.86. The average molecular weight is 519 g/mol. The van der Waals surface area contributed by atoms with Crippen molar-refractivity contribution in [2.24, 2.45) is 34.0 Å². The van der Waals surface area contributed by atoms with Crippen LogP contribution in [0, 0.1) is 34.0 Å². The molecule has 1 aromatic heterocycles. The molecule has 4 aliphatic carbocycles. The fraction of sp³-hybridized carbons (Fsp3) is 0.778. The van der Waals surface area contributed by atoms with Crippen LogP contribution >= 0.6 is 0 Å². The third-order valence-electron chi connectivity index (χ3n) is 12.2. The number of carbonyl (C=O) groups is 2. The Labute approximate surface area is 213 Å². The van der Waals surface area contributed by atoms with Crippen molar-refractivity contribution in [1.82, 2.24) is 0 Å². The van der Waals surface area contributed by atoms with Gasteiger partial charge in [0.1, 0.15) is 17.3 Å². The van der Waals surface area contributed by atoms with Gasteiger partial charge in [-0.3, -0.25) is 4.79 Å². The zero-order chi connectivity index (χ0) is 26.6. The van der Waals surface area contributed by atoms with Crippen molar-refractivity contribution in [2.45, 2.75) is 87.7 Å². The highest BCUT2D eigenvalue weighted by molar-refractivity contribution is 5.76. The Morgan fingerprint density at radius 2 is 1.97 bits per heavy atom. The standard InChI is InChI=1S/C27H34O10/c1-22-11-25(32)18-16(19(22)30)37-26-9-14(28)36-20(12-6-8-35-10-12)23(26,2)7-5-13(27(18,26)33)24(25,3)17(22)15(29)21(31)34-4/h6,8,10,13,15-20,29-30,32-33H,5,7,9,11H2,1-4H3/t13-,15-,16-,17+,18+,19-,20+,22-,23+,24-,25?,26-,27+/m1/s1. The molecule has 10 nitrogen and oxygen atoms in total. The minimum absolute atomic E-state index is 0.0716. The highest BCUT2D eigenvalue weighted by Crippen LogP contribution is 2.85. The van der Waals surface area contributed by atoms with Crippen molar-refractivity contribution in [3.63, 3.8) is 0 Å².